The van der Waals surface area contributed by atoms with Gasteiger partial charge in [-0.25, -0.2) is 0 Å². The minimum absolute atomic E-state index is 0.188. The molecule has 0 radical (unpaired) electrons. The number of imide groups is 1. The van der Waals surface area contributed by atoms with Crippen LogP contribution in [0.5, 0.6) is 11.5 Å². The number of rotatable bonds is 7. The highest BCUT2D eigenvalue weighted by molar-refractivity contribution is 8.18. The van der Waals surface area contributed by atoms with Gasteiger partial charge in [0, 0.05) is 18.8 Å². The van der Waals surface area contributed by atoms with Gasteiger partial charge in [-0.1, -0.05) is 24.3 Å². The molecular weight excluding hydrogens is 412 g/mol. The van der Waals surface area contributed by atoms with Crippen molar-refractivity contribution < 1.29 is 19.1 Å². The highest BCUT2D eigenvalue weighted by atomic mass is 32.2. The molecule has 2 fully saturated rings. The van der Waals surface area contributed by atoms with Gasteiger partial charge in [-0.05, 0) is 66.9 Å². The summed E-state index contributed by atoms with van der Waals surface area (Å²) in [5, 5.41) is -0.273. The lowest BCUT2D eigenvalue weighted by Gasteiger charge is -2.28. The van der Waals surface area contributed by atoms with Gasteiger partial charge in [-0.2, -0.15) is 0 Å². The Morgan fingerprint density at radius 1 is 0.968 bits per heavy atom. The summed E-state index contributed by atoms with van der Waals surface area (Å²) >= 11 is 0.971. The van der Waals surface area contributed by atoms with Crippen LogP contribution in [0.2, 0.25) is 0 Å². The molecule has 162 valence electrons. The highest BCUT2D eigenvalue weighted by Crippen LogP contribution is 2.33. The predicted octanol–water partition coefficient (Wildman–Crippen LogP) is 4.80. The van der Waals surface area contributed by atoms with Gasteiger partial charge in [0.15, 0.2) is 11.5 Å². The predicted molar refractivity (Wildman–Crippen MR) is 124 cm³/mol. The summed E-state index contributed by atoms with van der Waals surface area (Å²) in [6, 6.07) is 15.5. The number of carbonyl (C=O) groups is 2. The van der Waals surface area contributed by atoms with E-state index in [0.29, 0.717) is 16.4 Å². The monoisotopic (exact) mass is 438 g/mol. The third-order valence-electron chi connectivity index (χ3n) is 5.43. The summed E-state index contributed by atoms with van der Waals surface area (Å²) in [6.07, 6.45) is 5.55. The van der Waals surface area contributed by atoms with Crippen molar-refractivity contribution >= 4 is 34.7 Å². The summed E-state index contributed by atoms with van der Waals surface area (Å²) in [5.41, 5.74) is 2.12. The number of anilines is 1. The first kappa shape index (κ1) is 21.3. The molecule has 0 spiro atoms. The maximum atomic E-state index is 12.7. The molecule has 2 saturated heterocycles. The van der Waals surface area contributed by atoms with Crippen LogP contribution in [0.15, 0.2) is 53.4 Å². The fourth-order valence-corrected chi connectivity index (χ4v) is 4.63. The Hall–Kier alpha value is -2.93. The van der Waals surface area contributed by atoms with Gasteiger partial charge in [0.2, 0.25) is 0 Å². The molecule has 0 N–H and O–H groups in total. The molecule has 4 rings (SSSR count). The van der Waals surface area contributed by atoms with E-state index in [-0.39, 0.29) is 24.3 Å². The molecule has 0 unspecified atom stereocenters. The third-order valence-corrected chi connectivity index (χ3v) is 6.33. The SMILES string of the molecule is COc1ccccc1OCCN1C(=O)S/C(=C\c2ccc(N3CCCCC3)cc2)C1=O. The lowest BCUT2D eigenvalue weighted by Crippen LogP contribution is -2.32. The summed E-state index contributed by atoms with van der Waals surface area (Å²) in [4.78, 5) is 29.1. The number of carbonyl (C=O) groups excluding carboxylic acids is 2. The van der Waals surface area contributed by atoms with E-state index in [1.807, 2.05) is 24.3 Å². The zero-order valence-corrected chi connectivity index (χ0v) is 18.4. The maximum Gasteiger partial charge on any atom is 0.293 e. The molecule has 31 heavy (non-hydrogen) atoms. The summed E-state index contributed by atoms with van der Waals surface area (Å²) < 4.78 is 11.0. The van der Waals surface area contributed by atoms with Crippen molar-refractivity contribution in [1.82, 2.24) is 4.90 Å². The molecule has 2 heterocycles. The molecule has 2 aliphatic rings. The van der Waals surface area contributed by atoms with E-state index < -0.39 is 0 Å². The van der Waals surface area contributed by atoms with Crippen LogP contribution >= 0.6 is 11.8 Å². The van der Waals surface area contributed by atoms with Gasteiger partial charge in [-0.15, -0.1) is 0 Å². The number of hydrogen-bond donors (Lipinski definition) is 0. The van der Waals surface area contributed by atoms with Crippen LogP contribution in [0.25, 0.3) is 6.08 Å². The van der Waals surface area contributed by atoms with Gasteiger partial charge in [0.25, 0.3) is 11.1 Å². The van der Waals surface area contributed by atoms with Crippen molar-refractivity contribution in [3.63, 3.8) is 0 Å². The number of thioether (sulfide) groups is 1. The zero-order chi connectivity index (χ0) is 21.6. The summed E-state index contributed by atoms with van der Waals surface area (Å²) in [5.74, 6) is 0.921. The molecule has 0 aliphatic carbocycles. The quantitative estimate of drug-likeness (QED) is 0.579. The Kier molecular flexibility index (Phi) is 6.82. The van der Waals surface area contributed by atoms with E-state index >= 15 is 0 Å². The van der Waals surface area contributed by atoms with Gasteiger partial charge < -0.3 is 14.4 Å². The second-order valence-electron chi connectivity index (χ2n) is 7.47. The van der Waals surface area contributed by atoms with Crippen LogP contribution in [-0.2, 0) is 4.79 Å². The topological polar surface area (TPSA) is 59.1 Å². The number of para-hydroxylation sites is 2. The molecule has 7 heteroatoms. The number of amides is 2. The summed E-state index contributed by atoms with van der Waals surface area (Å²) in [6.45, 7) is 2.58. The molecule has 2 aliphatic heterocycles. The van der Waals surface area contributed by atoms with E-state index in [0.717, 1.165) is 30.4 Å². The lowest BCUT2D eigenvalue weighted by molar-refractivity contribution is -0.123. The fraction of sp³-hybridized carbons (Fsp3) is 0.333. The van der Waals surface area contributed by atoms with Crippen molar-refractivity contribution in [3.05, 3.63) is 59.0 Å². The third kappa shape index (κ3) is 5.05. The molecule has 0 atom stereocenters. The Labute approximate surface area is 186 Å². The van der Waals surface area contributed by atoms with Crippen molar-refractivity contribution in [2.45, 2.75) is 19.3 Å². The Morgan fingerprint density at radius 2 is 1.68 bits per heavy atom. The van der Waals surface area contributed by atoms with Crippen molar-refractivity contribution in [3.8, 4) is 11.5 Å². The van der Waals surface area contributed by atoms with Crippen LogP contribution in [0.1, 0.15) is 24.8 Å². The average Bonchev–Trinajstić information content (AvgIpc) is 3.07. The van der Waals surface area contributed by atoms with E-state index in [4.69, 9.17) is 9.47 Å². The zero-order valence-electron chi connectivity index (χ0n) is 17.6. The van der Waals surface area contributed by atoms with Gasteiger partial charge in [-0.3, -0.25) is 14.5 Å². The van der Waals surface area contributed by atoms with E-state index in [2.05, 4.69) is 17.0 Å². The molecule has 2 amide bonds. The van der Waals surface area contributed by atoms with Gasteiger partial charge in [0.1, 0.15) is 6.61 Å². The minimum atomic E-state index is -0.279. The molecule has 0 aromatic heterocycles. The standard InChI is InChI=1S/C24H26N2O4S/c1-29-20-7-3-4-8-21(20)30-16-15-26-23(27)22(31-24(26)28)17-18-9-11-19(12-10-18)25-13-5-2-6-14-25/h3-4,7-12,17H,2,5-6,13-16H2,1H3/b22-17-. The first-order valence-corrected chi connectivity index (χ1v) is 11.3. The smallest absolute Gasteiger partial charge is 0.293 e. The van der Waals surface area contributed by atoms with E-state index in [1.54, 1.807) is 25.3 Å². The van der Waals surface area contributed by atoms with E-state index in [9.17, 15) is 9.59 Å². The number of ether oxygens (including phenoxy) is 2. The van der Waals surface area contributed by atoms with Crippen molar-refractivity contribution in [1.29, 1.82) is 0 Å². The second kappa shape index (κ2) is 9.92. The van der Waals surface area contributed by atoms with Gasteiger partial charge >= 0.3 is 0 Å². The van der Waals surface area contributed by atoms with E-state index in [1.165, 1.54) is 29.8 Å². The number of piperidine rings is 1. The van der Waals surface area contributed by atoms with Crippen LogP contribution < -0.4 is 14.4 Å². The Bertz CT molecular complexity index is 968. The first-order valence-electron chi connectivity index (χ1n) is 10.5. The normalized spacial score (nSPS) is 18.0. The van der Waals surface area contributed by atoms with Crippen LogP contribution in [0.4, 0.5) is 10.5 Å². The molecule has 2 aromatic rings. The summed E-state index contributed by atoms with van der Waals surface area (Å²) in [7, 11) is 1.57. The van der Waals surface area contributed by atoms with Crippen LogP contribution in [-0.4, -0.2) is 49.4 Å². The second-order valence-corrected chi connectivity index (χ2v) is 8.47. The first-order chi connectivity index (χ1) is 15.2. The Morgan fingerprint density at radius 3 is 2.39 bits per heavy atom. The van der Waals surface area contributed by atoms with Crippen LogP contribution in [0, 0.1) is 0 Å². The Balaban J connectivity index is 1.36. The number of nitrogens with zero attached hydrogens (tertiary/aromatic N) is 2. The van der Waals surface area contributed by atoms with Crippen LogP contribution in [0.3, 0.4) is 0 Å². The minimum Gasteiger partial charge on any atom is -0.493 e. The molecule has 6 nitrogen and oxygen atoms in total. The molecule has 0 bridgehead atoms. The highest BCUT2D eigenvalue weighted by Gasteiger charge is 2.34. The van der Waals surface area contributed by atoms with Crippen molar-refractivity contribution in [2.75, 3.05) is 38.3 Å². The fourth-order valence-electron chi connectivity index (χ4n) is 3.76. The number of methoxy groups -OCH3 is 1. The molecular formula is C24H26N2O4S. The maximum absolute atomic E-state index is 12.7. The lowest BCUT2D eigenvalue weighted by atomic mass is 10.1. The molecule has 0 saturated carbocycles. The number of hydrogen-bond acceptors (Lipinski definition) is 6. The van der Waals surface area contributed by atoms with Crippen molar-refractivity contribution in [2.24, 2.45) is 0 Å². The molecule has 2 aromatic carbocycles. The number of benzene rings is 2. The largest absolute Gasteiger partial charge is 0.493 e. The van der Waals surface area contributed by atoms with Gasteiger partial charge in [0.05, 0.1) is 18.6 Å². The average molecular weight is 439 g/mol.